The second kappa shape index (κ2) is 7.88. The Hall–Kier alpha value is -1.73. The van der Waals surface area contributed by atoms with Gasteiger partial charge in [-0.25, -0.2) is 4.98 Å². The summed E-state index contributed by atoms with van der Waals surface area (Å²) >= 11 is 7.72. The Bertz CT molecular complexity index is 936. The van der Waals surface area contributed by atoms with Crippen LogP contribution < -0.4 is 5.56 Å². The van der Waals surface area contributed by atoms with Crippen LogP contribution in [0.5, 0.6) is 0 Å². The van der Waals surface area contributed by atoms with Gasteiger partial charge in [-0.1, -0.05) is 17.7 Å². The Morgan fingerprint density at radius 1 is 1.35 bits per heavy atom. The van der Waals surface area contributed by atoms with Crippen molar-refractivity contribution in [3.63, 3.8) is 0 Å². The van der Waals surface area contributed by atoms with Crippen molar-refractivity contribution in [1.82, 2.24) is 14.3 Å². The highest BCUT2D eigenvalue weighted by molar-refractivity contribution is 7.09. The molecule has 3 aromatic heterocycles. The van der Waals surface area contributed by atoms with Gasteiger partial charge in [0, 0.05) is 43.4 Å². The molecular weight excluding hydrogens is 370 g/mol. The Labute approximate surface area is 160 Å². The van der Waals surface area contributed by atoms with Crippen LogP contribution in [0.1, 0.15) is 23.4 Å². The quantitative estimate of drug-likeness (QED) is 0.646. The molecule has 1 aliphatic heterocycles. The summed E-state index contributed by atoms with van der Waals surface area (Å²) in [5.41, 5.74) is 1.28. The van der Waals surface area contributed by atoms with E-state index in [1.807, 2.05) is 0 Å². The fraction of sp³-hybridized carbons (Fsp3) is 0.368. The highest BCUT2D eigenvalue weighted by atomic mass is 35.5. The van der Waals surface area contributed by atoms with Crippen LogP contribution in [0.2, 0.25) is 5.02 Å². The predicted octanol–water partition coefficient (Wildman–Crippen LogP) is 3.59. The van der Waals surface area contributed by atoms with Crippen molar-refractivity contribution < 1.29 is 4.74 Å². The van der Waals surface area contributed by atoms with E-state index in [0.717, 1.165) is 38.2 Å². The fourth-order valence-electron chi connectivity index (χ4n) is 3.32. The maximum absolute atomic E-state index is 12.4. The number of aromatic nitrogens is 2. The number of halogens is 1. The zero-order chi connectivity index (χ0) is 17.9. The lowest BCUT2D eigenvalue weighted by Gasteiger charge is -2.24. The van der Waals surface area contributed by atoms with E-state index in [-0.39, 0.29) is 11.7 Å². The third-order valence-corrected chi connectivity index (χ3v) is 5.59. The molecule has 7 heteroatoms. The van der Waals surface area contributed by atoms with Crippen molar-refractivity contribution in [1.29, 1.82) is 0 Å². The molecule has 1 saturated heterocycles. The second-order valence-electron chi connectivity index (χ2n) is 6.55. The summed E-state index contributed by atoms with van der Waals surface area (Å²) < 4.78 is 7.29. The van der Waals surface area contributed by atoms with E-state index in [0.29, 0.717) is 17.2 Å². The zero-order valence-electron chi connectivity index (χ0n) is 14.3. The number of nitrogens with zero attached hydrogens (tertiary/aromatic N) is 3. The maximum atomic E-state index is 12.4. The molecule has 0 N–H and O–H groups in total. The van der Waals surface area contributed by atoms with Gasteiger partial charge < -0.3 is 4.74 Å². The molecule has 0 aliphatic carbocycles. The Morgan fingerprint density at radius 2 is 2.27 bits per heavy atom. The highest BCUT2D eigenvalue weighted by Crippen LogP contribution is 2.19. The van der Waals surface area contributed by atoms with E-state index in [4.69, 9.17) is 16.3 Å². The number of hydrogen-bond acceptors (Lipinski definition) is 5. The molecule has 1 fully saturated rings. The van der Waals surface area contributed by atoms with E-state index in [9.17, 15) is 4.79 Å². The van der Waals surface area contributed by atoms with Gasteiger partial charge in [0.15, 0.2) is 0 Å². The summed E-state index contributed by atoms with van der Waals surface area (Å²) in [7, 11) is 0. The lowest BCUT2D eigenvalue weighted by atomic mass is 10.2. The molecule has 26 heavy (non-hydrogen) atoms. The first kappa shape index (κ1) is 17.7. The summed E-state index contributed by atoms with van der Waals surface area (Å²) in [6, 6.07) is 9.33. The van der Waals surface area contributed by atoms with Crippen LogP contribution in [0, 0.1) is 0 Å². The van der Waals surface area contributed by atoms with E-state index in [1.54, 1.807) is 35.7 Å². The van der Waals surface area contributed by atoms with Crippen LogP contribution in [-0.2, 0) is 17.8 Å². The maximum Gasteiger partial charge on any atom is 0.258 e. The largest absolute Gasteiger partial charge is 0.377 e. The van der Waals surface area contributed by atoms with Crippen molar-refractivity contribution in [3.8, 4) is 0 Å². The molecule has 0 bridgehead atoms. The van der Waals surface area contributed by atoms with Gasteiger partial charge in [-0.2, -0.15) is 0 Å². The summed E-state index contributed by atoms with van der Waals surface area (Å²) in [6.07, 6.45) is 4.07. The molecule has 0 unspecified atom stereocenters. The second-order valence-corrected chi connectivity index (χ2v) is 8.01. The smallest absolute Gasteiger partial charge is 0.258 e. The molecule has 0 radical (unpaired) electrons. The Kier molecular flexibility index (Phi) is 5.36. The number of rotatable bonds is 6. The molecule has 0 spiro atoms. The number of pyridine rings is 1. The van der Waals surface area contributed by atoms with Crippen LogP contribution in [0.3, 0.4) is 0 Å². The van der Waals surface area contributed by atoms with Crippen molar-refractivity contribution >= 4 is 28.6 Å². The minimum atomic E-state index is -0.110. The molecule has 0 aromatic carbocycles. The van der Waals surface area contributed by atoms with E-state index < -0.39 is 0 Å². The molecule has 3 aromatic rings. The normalized spacial score (nSPS) is 17.4. The van der Waals surface area contributed by atoms with E-state index in [1.165, 1.54) is 9.28 Å². The molecule has 1 aliphatic rings. The van der Waals surface area contributed by atoms with Gasteiger partial charge in [0.2, 0.25) is 0 Å². The van der Waals surface area contributed by atoms with Gasteiger partial charge in [-0.3, -0.25) is 14.1 Å². The number of thiophene rings is 1. The average Bonchev–Trinajstić information content (AvgIpc) is 3.30. The molecule has 1 atom stereocenters. The molecular formula is C19H20ClN3O2S. The minimum Gasteiger partial charge on any atom is -0.377 e. The molecule has 0 amide bonds. The first-order valence-corrected chi connectivity index (χ1v) is 9.97. The fourth-order valence-corrected chi connectivity index (χ4v) is 4.23. The third-order valence-electron chi connectivity index (χ3n) is 4.51. The van der Waals surface area contributed by atoms with Crippen molar-refractivity contribution in [2.75, 3.05) is 13.2 Å². The number of hydrogen-bond donors (Lipinski definition) is 0. The molecule has 0 saturated carbocycles. The van der Waals surface area contributed by atoms with E-state index >= 15 is 0 Å². The number of ether oxygens (including phenoxy) is 1. The first-order valence-electron chi connectivity index (χ1n) is 8.71. The number of fused-ring (bicyclic) bond motifs is 1. The molecule has 4 rings (SSSR count). The Balaban J connectivity index is 1.58. The third kappa shape index (κ3) is 4.15. The molecule has 5 nitrogen and oxygen atoms in total. The van der Waals surface area contributed by atoms with Gasteiger partial charge in [0.05, 0.1) is 16.8 Å². The standard InChI is InChI=1S/C19H20ClN3O2S/c20-14-5-6-18-21-15(9-19(24)23(18)10-14)11-22(12-16-3-1-7-25-16)13-17-4-2-8-26-17/h2,4-6,8-10,16H,1,3,7,11-13H2/t16-/m0/s1. The first-order chi connectivity index (χ1) is 12.7. The zero-order valence-corrected chi connectivity index (χ0v) is 15.9. The van der Waals surface area contributed by atoms with Gasteiger partial charge in [0.25, 0.3) is 5.56 Å². The molecule has 136 valence electrons. The topological polar surface area (TPSA) is 46.8 Å². The van der Waals surface area contributed by atoms with Gasteiger partial charge in [-0.15, -0.1) is 11.3 Å². The minimum absolute atomic E-state index is 0.110. The lowest BCUT2D eigenvalue weighted by Crippen LogP contribution is -2.32. The summed E-state index contributed by atoms with van der Waals surface area (Å²) in [5, 5.41) is 2.61. The molecule has 4 heterocycles. The summed E-state index contributed by atoms with van der Waals surface area (Å²) in [4.78, 5) is 20.7. The highest BCUT2D eigenvalue weighted by Gasteiger charge is 2.20. The van der Waals surface area contributed by atoms with E-state index in [2.05, 4.69) is 27.4 Å². The van der Waals surface area contributed by atoms with Gasteiger partial charge in [-0.05, 0) is 36.4 Å². The van der Waals surface area contributed by atoms with Crippen LogP contribution in [0.4, 0.5) is 0 Å². The SMILES string of the molecule is O=c1cc(CN(Cc2cccs2)C[C@@H]2CCCO2)nc2ccc(Cl)cn12. The predicted molar refractivity (Wildman–Crippen MR) is 104 cm³/mol. The monoisotopic (exact) mass is 389 g/mol. The summed E-state index contributed by atoms with van der Waals surface area (Å²) in [6.45, 7) is 3.14. The van der Waals surface area contributed by atoms with Crippen molar-refractivity contribution in [2.45, 2.75) is 32.0 Å². The average molecular weight is 390 g/mol. The summed E-state index contributed by atoms with van der Waals surface area (Å²) in [5.74, 6) is 0. The Morgan fingerprint density at radius 3 is 3.04 bits per heavy atom. The van der Waals surface area contributed by atoms with Gasteiger partial charge in [0.1, 0.15) is 5.65 Å². The van der Waals surface area contributed by atoms with Crippen LogP contribution in [-0.4, -0.2) is 33.5 Å². The lowest BCUT2D eigenvalue weighted by molar-refractivity contribution is 0.0678. The van der Waals surface area contributed by atoms with Crippen molar-refractivity contribution in [2.24, 2.45) is 0 Å². The van der Waals surface area contributed by atoms with Gasteiger partial charge >= 0.3 is 0 Å². The van der Waals surface area contributed by atoms with Crippen molar-refractivity contribution in [3.05, 3.63) is 67.9 Å². The van der Waals surface area contributed by atoms with Crippen LogP contribution >= 0.6 is 22.9 Å². The van der Waals surface area contributed by atoms with Crippen LogP contribution in [0.25, 0.3) is 5.65 Å². The van der Waals surface area contributed by atoms with Crippen LogP contribution in [0.15, 0.2) is 46.7 Å².